The second-order valence-corrected chi connectivity index (χ2v) is 7.24. The molecule has 0 radical (unpaired) electrons. The van der Waals surface area contributed by atoms with Crippen LogP contribution in [0.15, 0.2) is 40.6 Å². The van der Waals surface area contributed by atoms with E-state index in [-0.39, 0.29) is 10.6 Å². The van der Waals surface area contributed by atoms with Crippen molar-refractivity contribution in [3.63, 3.8) is 0 Å². The molecule has 1 aromatic heterocycles. The lowest BCUT2D eigenvalue weighted by atomic mass is 10.2. The Kier molecular flexibility index (Phi) is 4.25. The van der Waals surface area contributed by atoms with Crippen molar-refractivity contribution in [3.8, 4) is 0 Å². The molecular formula is C14H14O4S2. The first-order valence-electron chi connectivity index (χ1n) is 5.88. The highest BCUT2D eigenvalue weighted by atomic mass is 32.2. The average Bonchev–Trinajstić information content (AvgIpc) is 2.85. The van der Waals surface area contributed by atoms with E-state index in [2.05, 4.69) is 4.74 Å². The zero-order chi connectivity index (χ0) is 14.8. The molecule has 1 aromatic carbocycles. The highest BCUT2D eigenvalue weighted by molar-refractivity contribution is 7.90. The Morgan fingerprint density at radius 3 is 2.45 bits per heavy atom. The van der Waals surface area contributed by atoms with Gasteiger partial charge in [0.15, 0.2) is 9.84 Å². The fraction of sp³-hybridized carbons (Fsp3) is 0.214. The molecular weight excluding hydrogens is 296 g/mol. The third kappa shape index (κ3) is 3.08. The van der Waals surface area contributed by atoms with Crippen molar-refractivity contribution in [2.75, 3.05) is 7.11 Å². The van der Waals surface area contributed by atoms with Crippen molar-refractivity contribution >= 4 is 27.1 Å². The Balaban J connectivity index is 2.32. The number of thiophene rings is 1. The Morgan fingerprint density at radius 2 is 1.85 bits per heavy atom. The minimum atomic E-state index is -3.47. The number of aryl methyl sites for hydroxylation is 1. The Bertz CT molecular complexity index is 712. The molecule has 0 atom stereocenters. The number of benzene rings is 1. The molecule has 0 aliphatic heterocycles. The zero-order valence-corrected chi connectivity index (χ0v) is 12.8. The molecule has 0 amide bonds. The maximum absolute atomic E-state index is 12.3. The van der Waals surface area contributed by atoms with Crippen LogP contribution in [0.25, 0.3) is 0 Å². The van der Waals surface area contributed by atoms with Crippen LogP contribution in [0.1, 0.15) is 20.8 Å². The van der Waals surface area contributed by atoms with Crippen molar-refractivity contribution < 1.29 is 17.9 Å². The van der Waals surface area contributed by atoms with E-state index in [0.717, 1.165) is 5.56 Å². The lowest BCUT2D eigenvalue weighted by Gasteiger charge is -2.05. The van der Waals surface area contributed by atoms with Gasteiger partial charge in [-0.15, -0.1) is 11.3 Å². The van der Waals surface area contributed by atoms with E-state index in [1.54, 1.807) is 35.7 Å². The van der Waals surface area contributed by atoms with Gasteiger partial charge in [-0.2, -0.15) is 0 Å². The first-order valence-corrected chi connectivity index (χ1v) is 8.41. The maximum atomic E-state index is 12.3. The molecule has 106 valence electrons. The summed E-state index contributed by atoms with van der Waals surface area (Å²) >= 11 is 1.18. The summed E-state index contributed by atoms with van der Waals surface area (Å²) in [4.78, 5) is 12.1. The molecule has 0 spiro atoms. The normalized spacial score (nSPS) is 11.3. The van der Waals surface area contributed by atoms with Gasteiger partial charge in [0.2, 0.25) is 0 Å². The molecule has 0 saturated carbocycles. The Labute approximate surface area is 121 Å². The second kappa shape index (κ2) is 5.76. The fourth-order valence-electron chi connectivity index (χ4n) is 1.75. The van der Waals surface area contributed by atoms with E-state index >= 15 is 0 Å². The van der Waals surface area contributed by atoms with Gasteiger partial charge in [-0.1, -0.05) is 17.7 Å². The fourth-order valence-corrected chi connectivity index (χ4v) is 4.05. The van der Waals surface area contributed by atoms with Crippen LogP contribution in [-0.4, -0.2) is 21.5 Å². The average molecular weight is 310 g/mol. The third-order valence-electron chi connectivity index (χ3n) is 2.84. The third-order valence-corrected chi connectivity index (χ3v) is 5.46. The van der Waals surface area contributed by atoms with Crippen LogP contribution >= 0.6 is 11.3 Å². The van der Waals surface area contributed by atoms with Gasteiger partial charge in [-0.05, 0) is 36.1 Å². The van der Waals surface area contributed by atoms with Gasteiger partial charge in [0.05, 0.1) is 17.8 Å². The van der Waals surface area contributed by atoms with Crippen molar-refractivity contribution in [2.24, 2.45) is 0 Å². The van der Waals surface area contributed by atoms with Crippen LogP contribution in [0.2, 0.25) is 0 Å². The zero-order valence-electron chi connectivity index (χ0n) is 11.1. The minimum Gasteiger partial charge on any atom is -0.465 e. The van der Waals surface area contributed by atoms with Gasteiger partial charge >= 0.3 is 5.97 Å². The van der Waals surface area contributed by atoms with Crippen molar-refractivity contribution in [2.45, 2.75) is 17.6 Å². The van der Waals surface area contributed by atoms with Gasteiger partial charge in [0.25, 0.3) is 0 Å². The SMILES string of the molecule is COC(=O)c1sccc1CS(=O)(=O)c1ccc(C)cc1. The maximum Gasteiger partial charge on any atom is 0.348 e. The van der Waals surface area contributed by atoms with Crippen LogP contribution in [0.3, 0.4) is 0 Å². The molecule has 4 nitrogen and oxygen atoms in total. The molecule has 0 saturated heterocycles. The quantitative estimate of drug-likeness (QED) is 0.815. The predicted molar refractivity (Wildman–Crippen MR) is 77.7 cm³/mol. The monoisotopic (exact) mass is 310 g/mol. The Morgan fingerprint density at radius 1 is 1.20 bits per heavy atom. The molecule has 0 fully saturated rings. The summed E-state index contributed by atoms with van der Waals surface area (Å²) in [6, 6.07) is 8.30. The standard InChI is InChI=1S/C14H14O4S2/c1-10-3-5-12(6-4-10)20(16,17)9-11-7-8-19-13(11)14(15)18-2/h3-8H,9H2,1-2H3. The number of sulfone groups is 1. The van der Waals surface area contributed by atoms with Gasteiger partial charge in [-0.25, -0.2) is 13.2 Å². The highest BCUT2D eigenvalue weighted by Gasteiger charge is 2.21. The first-order chi connectivity index (χ1) is 9.44. The summed E-state index contributed by atoms with van der Waals surface area (Å²) in [5.41, 5.74) is 1.47. The number of esters is 1. The number of hydrogen-bond donors (Lipinski definition) is 0. The van der Waals surface area contributed by atoms with E-state index in [1.165, 1.54) is 18.4 Å². The van der Waals surface area contributed by atoms with Gasteiger partial charge in [-0.3, -0.25) is 0 Å². The molecule has 0 N–H and O–H groups in total. The summed E-state index contributed by atoms with van der Waals surface area (Å²) in [6.45, 7) is 1.89. The summed E-state index contributed by atoms with van der Waals surface area (Å²) in [6.07, 6.45) is 0. The molecule has 0 aliphatic carbocycles. The van der Waals surface area contributed by atoms with Gasteiger partial charge < -0.3 is 4.74 Å². The number of carbonyl (C=O) groups excluding carboxylic acids is 1. The molecule has 0 bridgehead atoms. The largest absolute Gasteiger partial charge is 0.465 e. The molecule has 1 heterocycles. The molecule has 6 heteroatoms. The summed E-state index contributed by atoms with van der Waals surface area (Å²) in [7, 11) is -2.19. The Hall–Kier alpha value is -1.66. The van der Waals surface area contributed by atoms with Crippen molar-refractivity contribution in [3.05, 3.63) is 51.7 Å². The van der Waals surface area contributed by atoms with E-state index in [0.29, 0.717) is 10.4 Å². The number of hydrogen-bond acceptors (Lipinski definition) is 5. The van der Waals surface area contributed by atoms with Crippen LogP contribution in [0.4, 0.5) is 0 Å². The molecule has 0 unspecified atom stereocenters. The summed E-state index contributed by atoms with van der Waals surface area (Å²) in [5, 5.41) is 1.69. The van der Waals surface area contributed by atoms with Crippen LogP contribution in [0.5, 0.6) is 0 Å². The van der Waals surface area contributed by atoms with E-state index in [1.807, 2.05) is 6.92 Å². The minimum absolute atomic E-state index is 0.204. The first kappa shape index (κ1) is 14.7. The molecule has 2 aromatic rings. The van der Waals surface area contributed by atoms with E-state index < -0.39 is 15.8 Å². The van der Waals surface area contributed by atoms with Crippen LogP contribution in [-0.2, 0) is 20.3 Å². The van der Waals surface area contributed by atoms with E-state index in [9.17, 15) is 13.2 Å². The van der Waals surface area contributed by atoms with Gasteiger partial charge in [0.1, 0.15) is 4.88 Å². The topological polar surface area (TPSA) is 60.4 Å². The number of rotatable bonds is 4. The number of carbonyl (C=O) groups is 1. The van der Waals surface area contributed by atoms with Crippen molar-refractivity contribution in [1.29, 1.82) is 0 Å². The predicted octanol–water partition coefficient (Wildman–Crippen LogP) is 2.82. The van der Waals surface area contributed by atoms with Crippen LogP contribution < -0.4 is 0 Å². The highest BCUT2D eigenvalue weighted by Crippen LogP contribution is 2.23. The lowest BCUT2D eigenvalue weighted by molar-refractivity contribution is 0.0605. The smallest absolute Gasteiger partial charge is 0.348 e. The molecule has 2 rings (SSSR count). The molecule has 0 aliphatic rings. The van der Waals surface area contributed by atoms with Gasteiger partial charge in [0, 0.05) is 0 Å². The number of ether oxygens (including phenoxy) is 1. The summed E-state index contributed by atoms with van der Waals surface area (Å²) in [5.74, 6) is -0.710. The second-order valence-electron chi connectivity index (χ2n) is 4.34. The van der Waals surface area contributed by atoms with Crippen molar-refractivity contribution in [1.82, 2.24) is 0 Å². The van der Waals surface area contributed by atoms with Crippen LogP contribution in [0, 0.1) is 6.92 Å². The number of methoxy groups -OCH3 is 1. The summed E-state index contributed by atoms with van der Waals surface area (Å²) < 4.78 is 29.3. The van der Waals surface area contributed by atoms with E-state index in [4.69, 9.17) is 0 Å². The lowest BCUT2D eigenvalue weighted by Crippen LogP contribution is -2.08. The molecule has 20 heavy (non-hydrogen) atoms.